The summed E-state index contributed by atoms with van der Waals surface area (Å²) in [7, 11) is -1.01. The van der Waals surface area contributed by atoms with E-state index in [1.807, 2.05) is 19.1 Å². The Morgan fingerprint density at radius 3 is 2.09 bits per heavy atom. The molecule has 2 aromatic rings. The number of ether oxygens (including phenoxy) is 1. The summed E-state index contributed by atoms with van der Waals surface area (Å²) in [5.41, 5.74) is 2.77. The van der Waals surface area contributed by atoms with Crippen molar-refractivity contribution in [3.8, 4) is 16.9 Å². The maximum absolute atomic E-state index is 14.8. The van der Waals surface area contributed by atoms with Gasteiger partial charge in [-0.15, -0.1) is 0 Å². The van der Waals surface area contributed by atoms with E-state index >= 15 is 0 Å². The van der Waals surface area contributed by atoms with Crippen LogP contribution in [0.5, 0.6) is 5.75 Å². The quantitative estimate of drug-likeness (QED) is 0.214. The standard InChI is InChI=1S/C30H44F2OSi/c1-5-7-8-9-10-11-23(3)33-30-28(31)21-27(22-29(30)32)25-14-12-24(13-15-25)26-16-19-34(4,18-6-2)20-17-26/h12-15,21-23,26H,5-11,16-20H2,1-4H3/t23-,26?,34?/m1/s1. The molecule has 0 aromatic heterocycles. The number of unbranched alkanes of at least 4 members (excludes halogenated alkanes) is 4. The van der Waals surface area contributed by atoms with Gasteiger partial charge in [0.2, 0.25) is 0 Å². The molecule has 1 aliphatic rings. The maximum atomic E-state index is 14.8. The summed E-state index contributed by atoms with van der Waals surface area (Å²) in [4.78, 5) is 0. The summed E-state index contributed by atoms with van der Waals surface area (Å²) in [5.74, 6) is -0.865. The fourth-order valence-corrected chi connectivity index (χ4v) is 9.63. The normalized spacial score (nSPS) is 21.4. The van der Waals surface area contributed by atoms with Gasteiger partial charge in [-0.25, -0.2) is 8.78 Å². The monoisotopic (exact) mass is 486 g/mol. The molecule has 1 aliphatic heterocycles. The molecule has 0 unspecified atom stereocenters. The van der Waals surface area contributed by atoms with Gasteiger partial charge >= 0.3 is 0 Å². The van der Waals surface area contributed by atoms with Crippen molar-refractivity contribution in [1.82, 2.24) is 0 Å². The third-order valence-electron chi connectivity index (χ3n) is 7.79. The molecule has 1 atom stereocenters. The second kappa shape index (κ2) is 12.9. The van der Waals surface area contributed by atoms with Crippen LogP contribution in [0.25, 0.3) is 11.1 Å². The summed E-state index contributed by atoms with van der Waals surface area (Å²) in [6.45, 7) is 8.96. The van der Waals surface area contributed by atoms with Crippen molar-refractivity contribution in [2.24, 2.45) is 0 Å². The van der Waals surface area contributed by atoms with Gasteiger partial charge in [-0.2, -0.15) is 0 Å². The number of rotatable bonds is 12. The van der Waals surface area contributed by atoms with Crippen LogP contribution in [0.3, 0.4) is 0 Å². The Morgan fingerprint density at radius 1 is 0.882 bits per heavy atom. The van der Waals surface area contributed by atoms with Gasteiger partial charge < -0.3 is 4.74 Å². The molecule has 1 fully saturated rings. The van der Waals surface area contributed by atoms with Crippen molar-refractivity contribution in [2.75, 3.05) is 0 Å². The zero-order chi connectivity index (χ0) is 24.6. The minimum atomic E-state index is -1.01. The smallest absolute Gasteiger partial charge is 0.191 e. The minimum Gasteiger partial charge on any atom is -0.485 e. The Kier molecular flexibility index (Phi) is 10.2. The lowest BCUT2D eigenvalue weighted by atomic mass is 9.92. The van der Waals surface area contributed by atoms with Crippen LogP contribution in [-0.4, -0.2) is 14.2 Å². The Labute approximate surface area is 207 Å². The Hall–Kier alpha value is -1.68. The Morgan fingerprint density at radius 2 is 1.50 bits per heavy atom. The fraction of sp³-hybridized carbons (Fsp3) is 0.600. The van der Waals surface area contributed by atoms with E-state index in [0.717, 1.165) is 24.8 Å². The number of halogens is 2. The Bertz CT molecular complexity index is 864. The van der Waals surface area contributed by atoms with Crippen LogP contribution >= 0.6 is 0 Å². The summed E-state index contributed by atoms with van der Waals surface area (Å²) < 4.78 is 35.2. The molecule has 1 heterocycles. The van der Waals surface area contributed by atoms with Crippen LogP contribution in [-0.2, 0) is 0 Å². The van der Waals surface area contributed by atoms with Crippen LogP contribution in [0, 0.1) is 11.6 Å². The van der Waals surface area contributed by atoms with E-state index in [-0.39, 0.29) is 11.9 Å². The molecule has 188 valence electrons. The number of hydrogen-bond acceptors (Lipinski definition) is 1. The van der Waals surface area contributed by atoms with Crippen molar-refractivity contribution in [1.29, 1.82) is 0 Å². The van der Waals surface area contributed by atoms with Crippen LogP contribution in [0.2, 0.25) is 24.7 Å². The lowest BCUT2D eigenvalue weighted by molar-refractivity contribution is 0.188. The first-order chi connectivity index (χ1) is 16.3. The molecular formula is C30H44F2OSi. The van der Waals surface area contributed by atoms with Crippen molar-refractivity contribution in [2.45, 2.75) is 115 Å². The maximum Gasteiger partial charge on any atom is 0.191 e. The summed E-state index contributed by atoms with van der Waals surface area (Å²) >= 11 is 0. The highest BCUT2D eigenvalue weighted by Crippen LogP contribution is 2.41. The third-order valence-corrected chi connectivity index (χ3v) is 12.5. The van der Waals surface area contributed by atoms with Gasteiger partial charge in [0, 0.05) is 0 Å². The molecule has 0 amide bonds. The van der Waals surface area contributed by atoms with Gasteiger partial charge in [-0.05, 0) is 67.3 Å². The van der Waals surface area contributed by atoms with Gasteiger partial charge in [-0.3, -0.25) is 0 Å². The topological polar surface area (TPSA) is 9.23 Å². The first kappa shape index (κ1) is 26.9. The molecule has 1 nitrogen and oxygen atoms in total. The fourth-order valence-electron chi connectivity index (χ4n) is 5.58. The van der Waals surface area contributed by atoms with Crippen molar-refractivity contribution >= 4 is 8.07 Å². The van der Waals surface area contributed by atoms with E-state index in [1.54, 1.807) is 0 Å². The lowest BCUT2D eigenvalue weighted by Crippen LogP contribution is -2.33. The highest BCUT2D eigenvalue weighted by atomic mass is 28.3. The summed E-state index contributed by atoms with van der Waals surface area (Å²) in [6.07, 6.45) is 10.3. The van der Waals surface area contributed by atoms with Gasteiger partial charge in [0.1, 0.15) is 0 Å². The van der Waals surface area contributed by atoms with E-state index in [2.05, 4.69) is 32.5 Å². The predicted octanol–water partition coefficient (Wildman–Crippen LogP) is 10.1. The molecular weight excluding hydrogens is 442 g/mol. The highest BCUT2D eigenvalue weighted by molar-refractivity contribution is 6.78. The van der Waals surface area contributed by atoms with Crippen molar-refractivity contribution < 1.29 is 13.5 Å². The van der Waals surface area contributed by atoms with Crippen LogP contribution in [0.4, 0.5) is 8.78 Å². The minimum absolute atomic E-state index is 0.200. The van der Waals surface area contributed by atoms with Crippen LogP contribution in [0.1, 0.15) is 90.0 Å². The third kappa shape index (κ3) is 7.41. The second-order valence-electron chi connectivity index (χ2n) is 10.9. The average Bonchev–Trinajstić information content (AvgIpc) is 2.82. The van der Waals surface area contributed by atoms with E-state index in [9.17, 15) is 8.78 Å². The molecule has 0 spiro atoms. The molecule has 4 heteroatoms. The van der Waals surface area contributed by atoms with Crippen LogP contribution < -0.4 is 4.74 Å². The molecule has 0 aliphatic carbocycles. The number of hydrogen-bond donors (Lipinski definition) is 0. The molecule has 34 heavy (non-hydrogen) atoms. The van der Waals surface area contributed by atoms with Gasteiger partial charge in [0.15, 0.2) is 17.4 Å². The van der Waals surface area contributed by atoms with Crippen LogP contribution in [0.15, 0.2) is 36.4 Å². The van der Waals surface area contributed by atoms with Gasteiger partial charge in [0.05, 0.1) is 14.2 Å². The van der Waals surface area contributed by atoms with Crippen molar-refractivity contribution in [3.05, 3.63) is 53.6 Å². The zero-order valence-corrected chi connectivity index (χ0v) is 22.8. The SMILES string of the molecule is CCCCCCC[C@@H](C)Oc1c(F)cc(-c2ccc(C3CC[Si](C)(CCC)CC3)cc2)cc1F. The van der Waals surface area contributed by atoms with Crippen molar-refractivity contribution in [3.63, 3.8) is 0 Å². The first-order valence-electron chi connectivity index (χ1n) is 13.6. The largest absolute Gasteiger partial charge is 0.485 e. The second-order valence-corrected chi connectivity index (χ2v) is 16.0. The molecule has 0 bridgehead atoms. The molecule has 0 radical (unpaired) electrons. The lowest BCUT2D eigenvalue weighted by Gasteiger charge is -2.36. The molecule has 3 rings (SSSR count). The van der Waals surface area contributed by atoms with Gasteiger partial charge in [-0.1, -0.05) is 94.9 Å². The Balaban J connectivity index is 1.60. The molecule has 1 saturated heterocycles. The van der Waals surface area contributed by atoms with E-state index in [0.29, 0.717) is 11.5 Å². The first-order valence-corrected chi connectivity index (χ1v) is 16.7. The van der Waals surface area contributed by atoms with Gasteiger partial charge in [0.25, 0.3) is 0 Å². The summed E-state index contributed by atoms with van der Waals surface area (Å²) in [6, 6.07) is 15.4. The van der Waals surface area contributed by atoms with E-state index in [4.69, 9.17) is 4.74 Å². The molecule has 0 saturated carbocycles. The summed E-state index contributed by atoms with van der Waals surface area (Å²) in [5, 5.41) is 0. The van der Waals surface area contributed by atoms with E-state index < -0.39 is 19.7 Å². The zero-order valence-electron chi connectivity index (χ0n) is 21.8. The predicted molar refractivity (Wildman–Crippen MR) is 144 cm³/mol. The van der Waals surface area contributed by atoms with E-state index in [1.165, 1.54) is 74.4 Å². The molecule has 0 N–H and O–H groups in total. The highest BCUT2D eigenvalue weighted by Gasteiger charge is 2.32. The average molecular weight is 487 g/mol. The molecule has 2 aromatic carbocycles. The number of benzene rings is 2.